The van der Waals surface area contributed by atoms with Crippen LogP contribution >= 0.6 is 0 Å². The lowest BCUT2D eigenvalue weighted by Gasteiger charge is -2.49. The quantitative estimate of drug-likeness (QED) is 0.154. The van der Waals surface area contributed by atoms with Gasteiger partial charge in [0.25, 0.3) is 0 Å². The minimum atomic E-state index is -1.33. The lowest BCUT2D eigenvalue weighted by atomic mass is 9.79. The largest absolute Gasteiger partial charge is 0.462 e. The highest BCUT2D eigenvalue weighted by atomic mass is 16.7. The van der Waals surface area contributed by atoms with Gasteiger partial charge in [0.15, 0.2) is 24.7 Å². The monoisotopic (exact) mass is 886 g/mol. The molecule has 17 nitrogen and oxygen atoms in total. The van der Waals surface area contributed by atoms with Crippen molar-refractivity contribution in [1.29, 1.82) is 0 Å². The molecule has 0 aromatic rings. The van der Waals surface area contributed by atoms with Gasteiger partial charge in [0.1, 0.15) is 42.9 Å². The van der Waals surface area contributed by atoms with Crippen LogP contribution in [0.5, 0.6) is 0 Å². The highest BCUT2D eigenvalue weighted by Crippen LogP contribution is 2.36. The van der Waals surface area contributed by atoms with E-state index < -0.39 is 134 Å². The van der Waals surface area contributed by atoms with Crippen LogP contribution in [0.4, 0.5) is 0 Å². The van der Waals surface area contributed by atoms with Crippen molar-refractivity contribution in [3.63, 3.8) is 0 Å². The van der Waals surface area contributed by atoms with E-state index in [-0.39, 0.29) is 25.2 Å². The topological polar surface area (TPSA) is 218 Å². The van der Waals surface area contributed by atoms with E-state index in [1.54, 1.807) is 54.8 Å². The average Bonchev–Trinajstić information content (AvgIpc) is 3.22. The summed E-state index contributed by atoms with van der Waals surface area (Å²) in [6.07, 6.45) is -5.69. The molecule has 356 valence electrons. The van der Waals surface area contributed by atoms with Crippen LogP contribution in [0.1, 0.15) is 87.0 Å². The number of ketones is 1. The number of aliphatic hydroxyl groups excluding tert-OH is 4. The molecule has 4 N–H and O–H groups in total. The van der Waals surface area contributed by atoms with Gasteiger partial charge in [-0.05, 0) is 73.0 Å². The number of cyclic esters (lactones) is 1. The molecule has 0 aromatic heterocycles. The van der Waals surface area contributed by atoms with E-state index in [0.29, 0.717) is 24.8 Å². The molecule has 62 heavy (non-hydrogen) atoms. The highest BCUT2D eigenvalue weighted by Gasteiger charge is 2.50. The third kappa shape index (κ3) is 13.4. The van der Waals surface area contributed by atoms with E-state index in [1.165, 1.54) is 20.3 Å². The number of hydrogen-bond donors (Lipinski definition) is 4. The normalized spacial score (nSPS) is 44.6. The molecule has 4 heterocycles. The third-order valence-corrected chi connectivity index (χ3v) is 13.0. The second kappa shape index (κ2) is 24.3. The highest BCUT2D eigenvalue weighted by molar-refractivity contribution is 5.91. The first kappa shape index (κ1) is 52.4. The van der Waals surface area contributed by atoms with Gasteiger partial charge < -0.3 is 72.8 Å². The Balaban J connectivity index is 1.61. The second-order valence-electron chi connectivity index (χ2n) is 17.9. The van der Waals surface area contributed by atoms with Crippen molar-refractivity contribution < 1.29 is 77.4 Å². The summed E-state index contributed by atoms with van der Waals surface area (Å²) in [5, 5.41) is 44.5. The van der Waals surface area contributed by atoms with E-state index in [4.69, 9.17) is 42.6 Å². The molecule has 20 atom stereocenters. The zero-order chi connectivity index (χ0) is 46.0. The predicted molar refractivity (Wildman–Crippen MR) is 224 cm³/mol. The summed E-state index contributed by atoms with van der Waals surface area (Å²) in [5.74, 6) is -3.44. The third-order valence-electron chi connectivity index (χ3n) is 13.0. The number of allylic oxidation sites excluding steroid dienone is 3. The van der Waals surface area contributed by atoms with E-state index in [2.05, 4.69) is 0 Å². The number of aliphatic hydroxyl groups is 4. The Morgan fingerprint density at radius 3 is 2.10 bits per heavy atom. The minimum absolute atomic E-state index is 0.00520. The molecule has 13 unspecified atom stereocenters. The molecule has 0 radical (unpaired) electrons. The van der Waals surface area contributed by atoms with Gasteiger partial charge in [-0.25, -0.2) is 0 Å². The first-order valence-electron chi connectivity index (χ1n) is 22.2. The molecule has 4 aliphatic heterocycles. The number of nitrogens with zero attached hydrogens (tertiary/aromatic N) is 1. The van der Waals surface area contributed by atoms with E-state index in [9.17, 15) is 34.8 Å². The fraction of sp³-hybridized carbons (Fsp3) is 0.844. The molecule has 4 aliphatic rings. The van der Waals surface area contributed by atoms with Gasteiger partial charge in [0, 0.05) is 44.8 Å². The van der Waals surface area contributed by atoms with Crippen LogP contribution < -0.4 is 0 Å². The zero-order valence-corrected chi connectivity index (χ0v) is 38.4. The van der Waals surface area contributed by atoms with Crippen molar-refractivity contribution in [3.8, 4) is 0 Å². The molecule has 3 fully saturated rings. The Morgan fingerprint density at radius 1 is 0.806 bits per heavy atom. The Morgan fingerprint density at radius 2 is 1.48 bits per heavy atom. The zero-order valence-electron chi connectivity index (χ0n) is 38.4. The van der Waals surface area contributed by atoms with Crippen LogP contribution in [0.3, 0.4) is 0 Å². The summed E-state index contributed by atoms with van der Waals surface area (Å²) >= 11 is 0. The van der Waals surface area contributed by atoms with Crippen LogP contribution in [0.15, 0.2) is 23.8 Å². The second-order valence-corrected chi connectivity index (χ2v) is 17.9. The van der Waals surface area contributed by atoms with Crippen LogP contribution in [0.25, 0.3) is 0 Å². The van der Waals surface area contributed by atoms with E-state index in [0.717, 1.165) is 6.29 Å². The van der Waals surface area contributed by atoms with Crippen molar-refractivity contribution in [1.82, 2.24) is 4.90 Å². The Labute approximate surface area is 367 Å². The summed E-state index contributed by atoms with van der Waals surface area (Å²) in [4.78, 5) is 41.5. The number of ether oxygens (including phenoxy) is 9. The van der Waals surface area contributed by atoms with Crippen LogP contribution in [0, 0.1) is 23.7 Å². The first-order valence-corrected chi connectivity index (χ1v) is 22.2. The minimum Gasteiger partial charge on any atom is -0.462 e. The number of esters is 1. The summed E-state index contributed by atoms with van der Waals surface area (Å²) in [5.41, 5.74) is 0.698. The Kier molecular flexibility index (Phi) is 20.6. The fourth-order valence-electron chi connectivity index (χ4n) is 9.14. The molecule has 0 aliphatic carbocycles. The number of carbonyl (C=O) groups is 3. The predicted octanol–water partition coefficient (Wildman–Crippen LogP) is 2.47. The molecule has 0 amide bonds. The SMILES string of the molecule is CC[C@H]1OC(=O)C[C@@H](O)[C@H](C)[C@@H](OC2OC(C)C(OC3CCC(O)C(C)O3)C(N(C)C)C2O)[C@@H](CC=O)C[C@@H](C)C(=O)/C=C/C(C)=C/[C@@H]1COC1OC(C)C(O)C(OC)C1OC. The van der Waals surface area contributed by atoms with Crippen molar-refractivity contribution in [2.24, 2.45) is 23.7 Å². The van der Waals surface area contributed by atoms with Gasteiger partial charge in [0.05, 0.1) is 55.7 Å². The molecule has 4 rings (SSSR count). The van der Waals surface area contributed by atoms with Crippen molar-refractivity contribution in [3.05, 3.63) is 23.8 Å². The maximum absolute atomic E-state index is 13.7. The smallest absolute Gasteiger partial charge is 0.308 e. The molecule has 3 saturated heterocycles. The lowest BCUT2D eigenvalue weighted by Crippen LogP contribution is -2.64. The van der Waals surface area contributed by atoms with Gasteiger partial charge in [0.2, 0.25) is 0 Å². The Hall–Kier alpha value is -2.23. The molecular formula is C45H75NO16. The Bertz CT molecular complexity index is 1480. The number of rotatable bonds is 13. The number of carbonyl (C=O) groups excluding carboxylic acids is 3. The summed E-state index contributed by atoms with van der Waals surface area (Å²) in [7, 11) is 6.54. The number of aldehydes is 1. The van der Waals surface area contributed by atoms with Crippen LogP contribution in [0.2, 0.25) is 0 Å². The van der Waals surface area contributed by atoms with E-state index >= 15 is 0 Å². The molecule has 17 heteroatoms. The van der Waals surface area contributed by atoms with Gasteiger partial charge in [-0.2, -0.15) is 0 Å². The van der Waals surface area contributed by atoms with Crippen LogP contribution in [-0.2, 0) is 57.0 Å². The summed E-state index contributed by atoms with van der Waals surface area (Å²) in [6.45, 7) is 12.4. The summed E-state index contributed by atoms with van der Waals surface area (Å²) < 4.78 is 54.7. The number of likely N-dealkylation sites (N-methyl/N-ethyl adjacent to an activating group) is 1. The van der Waals surface area contributed by atoms with Gasteiger partial charge in [-0.1, -0.05) is 38.5 Å². The van der Waals surface area contributed by atoms with Crippen molar-refractivity contribution in [2.45, 2.75) is 185 Å². The maximum Gasteiger partial charge on any atom is 0.308 e. The fourth-order valence-corrected chi connectivity index (χ4v) is 9.14. The molecule has 0 bridgehead atoms. The first-order chi connectivity index (χ1) is 29.3. The van der Waals surface area contributed by atoms with Crippen LogP contribution in [-0.4, -0.2) is 176 Å². The van der Waals surface area contributed by atoms with Crippen molar-refractivity contribution >= 4 is 18.0 Å². The average molecular weight is 886 g/mol. The molecule has 0 aromatic carbocycles. The number of methoxy groups -OCH3 is 2. The van der Waals surface area contributed by atoms with Crippen molar-refractivity contribution in [2.75, 3.05) is 34.9 Å². The van der Waals surface area contributed by atoms with E-state index in [1.807, 2.05) is 24.8 Å². The lowest BCUT2D eigenvalue weighted by molar-refractivity contribution is -0.332. The molecular weight excluding hydrogens is 810 g/mol. The maximum atomic E-state index is 13.7. The van der Waals surface area contributed by atoms with Gasteiger partial charge >= 0.3 is 5.97 Å². The standard InChI is InChI=1S/C45H75NO16/c1-12-34-30(22-56-45-43(55-11)42(54-10)38(52)27(6)58-45)19-23(2)13-14-31(48)24(3)20-29(17-18-47)40(25(4)33(50)21-35(51)60-34)62-44-39(53)37(46(8)9)41(28(7)59-44)61-36-16-15-32(49)26(5)57-36/h13-14,18-19,24-30,32-34,36-45,49-50,52-53H,12,15-17,20-22H2,1-11H3/b14-13+,23-19+/t24-,25+,26?,27?,28?,29+,30-,32?,33-,34-,36?,37?,38?,39?,40-,41?,42?,43?,44?,45?/m1/s1. The molecule has 0 spiro atoms. The number of hydrogen-bond acceptors (Lipinski definition) is 17. The van der Waals surface area contributed by atoms with Gasteiger partial charge in [-0.3, -0.25) is 9.59 Å². The summed E-state index contributed by atoms with van der Waals surface area (Å²) in [6, 6.07) is -0.647. The van der Waals surface area contributed by atoms with Gasteiger partial charge in [-0.15, -0.1) is 0 Å². The molecule has 0 saturated carbocycles.